The van der Waals surface area contributed by atoms with Crippen LogP contribution in [0.1, 0.15) is 47.7 Å². The lowest BCUT2D eigenvalue weighted by Gasteiger charge is -2.34. The third kappa shape index (κ3) is 4.43. The number of carbonyl (C=O) groups is 1. The lowest BCUT2D eigenvalue weighted by atomic mass is 9.99. The highest BCUT2D eigenvalue weighted by molar-refractivity contribution is 7.89. The van der Waals surface area contributed by atoms with Crippen molar-refractivity contribution in [1.29, 1.82) is 0 Å². The highest BCUT2D eigenvalue weighted by Crippen LogP contribution is 2.23. The van der Waals surface area contributed by atoms with E-state index < -0.39 is 21.5 Å². The number of carbonyl (C=O) groups excluding carboxylic acids is 1. The Morgan fingerprint density at radius 2 is 1.73 bits per heavy atom. The van der Waals surface area contributed by atoms with E-state index in [-0.39, 0.29) is 36.6 Å². The Hall–Kier alpha value is -3.04. The van der Waals surface area contributed by atoms with Gasteiger partial charge in [0.05, 0.1) is 4.90 Å². The van der Waals surface area contributed by atoms with E-state index in [1.165, 1.54) is 19.8 Å². The van der Waals surface area contributed by atoms with Crippen LogP contribution in [0.5, 0.6) is 0 Å². The van der Waals surface area contributed by atoms with Gasteiger partial charge in [0.2, 0.25) is 10.0 Å². The maximum Gasteiger partial charge on any atom is 0.270 e. The summed E-state index contributed by atoms with van der Waals surface area (Å²) in [4.78, 5) is 31.8. The summed E-state index contributed by atoms with van der Waals surface area (Å²) in [6.07, 6.45) is 3.94. The monoisotopic (exact) mass is 468 g/mol. The van der Waals surface area contributed by atoms with Crippen molar-refractivity contribution in [3.63, 3.8) is 0 Å². The second kappa shape index (κ2) is 9.07. The zero-order chi connectivity index (χ0) is 23.8. The number of aromatic nitrogens is 2. The molecule has 1 aliphatic heterocycles. The molecule has 1 aliphatic rings. The average molecular weight is 469 g/mol. The van der Waals surface area contributed by atoms with Gasteiger partial charge in [-0.1, -0.05) is 32.0 Å². The largest absolute Gasteiger partial charge is 0.336 e. The standard InChI is InChI=1S/C24H28N4O4S/c1-4-18(3)19-6-8-20(9-7-19)33(31,32)27-13-11-26(12-14-27)23(29)21-15-25-22-10-5-17(2)16-28(22)24(21)30/h5-10,15-16,18H,4,11-14H2,1-3H3. The summed E-state index contributed by atoms with van der Waals surface area (Å²) in [6, 6.07) is 10.6. The first-order valence-corrected chi connectivity index (χ1v) is 12.5. The first kappa shape index (κ1) is 23.1. The summed E-state index contributed by atoms with van der Waals surface area (Å²) in [7, 11) is -3.65. The SMILES string of the molecule is CCC(C)c1ccc(S(=O)(=O)N2CCN(C(=O)c3cnc4ccc(C)cn4c3=O)CC2)cc1. The number of piperazine rings is 1. The third-order valence-corrected chi connectivity index (χ3v) is 8.22. The number of aryl methyl sites for hydroxylation is 1. The Bertz CT molecular complexity index is 1340. The number of hydrogen-bond donors (Lipinski definition) is 0. The normalized spacial score (nSPS) is 16.2. The lowest BCUT2D eigenvalue weighted by Crippen LogP contribution is -2.51. The van der Waals surface area contributed by atoms with Crippen LogP contribution in [0.4, 0.5) is 0 Å². The fraction of sp³-hybridized carbons (Fsp3) is 0.375. The Kier molecular flexibility index (Phi) is 6.36. The molecular formula is C24H28N4O4S. The second-order valence-electron chi connectivity index (χ2n) is 8.49. The minimum absolute atomic E-state index is 0.0185. The van der Waals surface area contributed by atoms with Gasteiger partial charge in [0.1, 0.15) is 11.2 Å². The Labute approximate surface area is 193 Å². The smallest absolute Gasteiger partial charge is 0.270 e. The molecule has 3 aromatic rings. The number of pyridine rings is 1. The zero-order valence-electron chi connectivity index (χ0n) is 19.1. The van der Waals surface area contributed by atoms with Crippen molar-refractivity contribution in [2.75, 3.05) is 26.2 Å². The predicted octanol–water partition coefficient (Wildman–Crippen LogP) is 2.66. The molecule has 0 saturated carbocycles. The van der Waals surface area contributed by atoms with Crippen LogP contribution in [0.15, 0.2) is 58.5 Å². The van der Waals surface area contributed by atoms with E-state index >= 15 is 0 Å². The fourth-order valence-electron chi connectivity index (χ4n) is 3.98. The number of rotatable bonds is 5. The lowest BCUT2D eigenvalue weighted by molar-refractivity contribution is 0.0695. The van der Waals surface area contributed by atoms with E-state index in [0.717, 1.165) is 17.5 Å². The number of nitrogens with zero attached hydrogens (tertiary/aromatic N) is 4. The molecule has 33 heavy (non-hydrogen) atoms. The number of amides is 1. The van der Waals surface area contributed by atoms with Gasteiger partial charge in [-0.3, -0.25) is 14.0 Å². The van der Waals surface area contributed by atoms with Crippen molar-refractivity contribution in [2.45, 2.75) is 38.0 Å². The molecule has 3 heterocycles. The molecular weight excluding hydrogens is 440 g/mol. The zero-order valence-corrected chi connectivity index (χ0v) is 19.9. The molecule has 9 heteroatoms. The van der Waals surface area contributed by atoms with Gasteiger partial charge >= 0.3 is 0 Å². The van der Waals surface area contributed by atoms with Crippen LogP contribution in [-0.4, -0.2) is 59.1 Å². The van der Waals surface area contributed by atoms with Crippen molar-refractivity contribution < 1.29 is 13.2 Å². The van der Waals surface area contributed by atoms with E-state index in [2.05, 4.69) is 18.8 Å². The van der Waals surface area contributed by atoms with Crippen LogP contribution >= 0.6 is 0 Å². The molecule has 1 amide bonds. The molecule has 1 unspecified atom stereocenters. The van der Waals surface area contributed by atoms with Crippen molar-refractivity contribution >= 4 is 21.6 Å². The molecule has 1 saturated heterocycles. The van der Waals surface area contributed by atoms with Gasteiger partial charge < -0.3 is 4.90 Å². The summed E-state index contributed by atoms with van der Waals surface area (Å²) in [5.41, 5.74) is 2.02. The molecule has 0 bridgehead atoms. The molecule has 8 nitrogen and oxygen atoms in total. The summed E-state index contributed by atoms with van der Waals surface area (Å²) >= 11 is 0. The highest BCUT2D eigenvalue weighted by Gasteiger charge is 2.31. The van der Waals surface area contributed by atoms with E-state index in [9.17, 15) is 18.0 Å². The number of fused-ring (bicyclic) bond motifs is 1. The third-order valence-electron chi connectivity index (χ3n) is 6.31. The van der Waals surface area contributed by atoms with Crippen LogP contribution in [0.3, 0.4) is 0 Å². The van der Waals surface area contributed by atoms with Gasteiger partial charge in [-0.15, -0.1) is 0 Å². The Balaban J connectivity index is 1.48. The van der Waals surface area contributed by atoms with E-state index in [1.54, 1.807) is 24.4 Å². The van der Waals surface area contributed by atoms with Crippen molar-refractivity contribution in [3.05, 3.63) is 75.8 Å². The summed E-state index contributed by atoms with van der Waals surface area (Å²) in [6.45, 7) is 6.82. The summed E-state index contributed by atoms with van der Waals surface area (Å²) in [5, 5.41) is 0. The highest BCUT2D eigenvalue weighted by atomic mass is 32.2. The van der Waals surface area contributed by atoms with Crippen LogP contribution in [-0.2, 0) is 10.0 Å². The molecule has 1 aromatic carbocycles. The molecule has 0 N–H and O–H groups in total. The summed E-state index contributed by atoms with van der Waals surface area (Å²) in [5.74, 6) is -0.0627. The van der Waals surface area contributed by atoms with Crippen LogP contribution in [0.25, 0.3) is 5.65 Å². The molecule has 0 radical (unpaired) electrons. The van der Waals surface area contributed by atoms with Gasteiger partial charge in [0.25, 0.3) is 11.5 Å². The number of hydrogen-bond acceptors (Lipinski definition) is 5. The Morgan fingerprint density at radius 1 is 1.06 bits per heavy atom. The maximum atomic E-state index is 13.1. The Morgan fingerprint density at radius 3 is 2.36 bits per heavy atom. The number of sulfonamides is 1. The minimum atomic E-state index is -3.65. The van der Waals surface area contributed by atoms with Gasteiger partial charge in [-0.25, -0.2) is 13.4 Å². The first-order valence-electron chi connectivity index (χ1n) is 11.1. The molecule has 0 spiro atoms. The van der Waals surface area contributed by atoms with E-state index in [4.69, 9.17) is 0 Å². The van der Waals surface area contributed by atoms with Crippen molar-refractivity contribution in [3.8, 4) is 0 Å². The average Bonchev–Trinajstić information content (AvgIpc) is 2.84. The molecule has 1 fully saturated rings. The quantitative estimate of drug-likeness (QED) is 0.574. The topological polar surface area (TPSA) is 92.1 Å². The maximum absolute atomic E-state index is 13.1. The molecule has 0 aliphatic carbocycles. The minimum Gasteiger partial charge on any atom is -0.336 e. The van der Waals surface area contributed by atoms with Crippen LogP contribution in [0.2, 0.25) is 0 Å². The van der Waals surface area contributed by atoms with E-state index in [0.29, 0.717) is 11.6 Å². The van der Waals surface area contributed by atoms with Crippen molar-refractivity contribution in [1.82, 2.24) is 18.6 Å². The van der Waals surface area contributed by atoms with Crippen LogP contribution < -0.4 is 5.56 Å². The molecule has 174 valence electrons. The van der Waals surface area contributed by atoms with E-state index in [1.807, 2.05) is 25.1 Å². The van der Waals surface area contributed by atoms with Gasteiger partial charge in [-0.2, -0.15) is 4.31 Å². The second-order valence-corrected chi connectivity index (χ2v) is 10.4. The van der Waals surface area contributed by atoms with Gasteiger partial charge in [0.15, 0.2) is 0 Å². The predicted molar refractivity (Wildman–Crippen MR) is 126 cm³/mol. The fourth-order valence-corrected chi connectivity index (χ4v) is 5.41. The molecule has 4 rings (SSSR count). The molecule has 2 aromatic heterocycles. The molecule has 1 atom stereocenters. The number of benzene rings is 1. The first-order chi connectivity index (χ1) is 15.7. The van der Waals surface area contributed by atoms with Gasteiger partial charge in [-0.05, 0) is 48.6 Å². The summed E-state index contributed by atoms with van der Waals surface area (Å²) < 4.78 is 28.9. The van der Waals surface area contributed by atoms with Gasteiger partial charge in [0, 0.05) is 38.6 Å². The van der Waals surface area contributed by atoms with Crippen LogP contribution in [0, 0.1) is 6.92 Å². The van der Waals surface area contributed by atoms with Crippen molar-refractivity contribution in [2.24, 2.45) is 0 Å².